The van der Waals surface area contributed by atoms with Crippen LogP contribution in [0.1, 0.15) is 15.9 Å². The molecule has 1 amide bonds. The maximum atomic E-state index is 13.5. The van der Waals surface area contributed by atoms with Gasteiger partial charge in [0.25, 0.3) is 5.91 Å². The average Bonchev–Trinajstić information content (AvgIpc) is 2.83. The van der Waals surface area contributed by atoms with Gasteiger partial charge in [-0.2, -0.15) is 0 Å². The van der Waals surface area contributed by atoms with Gasteiger partial charge in [-0.25, -0.2) is 12.8 Å². The van der Waals surface area contributed by atoms with E-state index in [2.05, 4.69) is 4.90 Å². The summed E-state index contributed by atoms with van der Waals surface area (Å²) in [6.07, 6.45) is 1.10. The van der Waals surface area contributed by atoms with Crippen molar-refractivity contribution in [3.8, 4) is 11.1 Å². The molecule has 6 nitrogen and oxygen atoms in total. The van der Waals surface area contributed by atoms with E-state index in [0.717, 1.165) is 17.5 Å². The van der Waals surface area contributed by atoms with Gasteiger partial charge in [0.05, 0.1) is 22.2 Å². The SMILES string of the molecule is CS(=O)(=O)c1ccc(-c2ccc(F)cc2)c(C(=O)N2CCN(c3ccc(CO)cc3Cl)CC2)c1. The molecule has 0 bridgehead atoms. The standard InChI is InChI=1S/C25H24ClFN2O4S/c1-34(32,33)20-7-8-21(18-3-5-19(27)6-4-18)22(15-20)25(31)29-12-10-28(11-13-29)24-9-2-17(16-30)14-23(24)26/h2-9,14-15,30H,10-13,16H2,1H3. The number of aliphatic hydroxyl groups is 1. The summed E-state index contributed by atoms with van der Waals surface area (Å²) in [5.74, 6) is -0.683. The molecule has 0 atom stereocenters. The van der Waals surface area contributed by atoms with Crippen molar-refractivity contribution in [3.63, 3.8) is 0 Å². The summed E-state index contributed by atoms with van der Waals surface area (Å²) in [6, 6.07) is 15.6. The number of carbonyl (C=O) groups is 1. The number of hydrogen-bond acceptors (Lipinski definition) is 5. The van der Waals surface area contributed by atoms with Gasteiger partial charge >= 0.3 is 0 Å². The lowest BCUT2D eigenvalue weighted by atomic mass is 9.98. The van der Waals surface area contributed by atoms with Crippen molar-refractivity contribution in [2.24, 2.45) is 0 Å². The topological polar surface area (TPSA) is 77.9 Å². The van der Waals surface area contributed by atoms with E-state index in [1.807, 2.05) is 12.1 Å². The van der Waals surface area contributed by atoms with E-state index in [4.69, 9.17) is 11.6 Å². The van der Waals surface area contributed by atoms with Crippen molar-refractivity contribution < 1.29 is 22.7 Å². The first-order chi connectivity index (χ1) is 16.2. The van der Waals surface area contributed by atoms with E-state index in [9.17, 15) is 22.7 Å². The van der Waals surface area contributed by atoms with Crippen LogP contribution in [0.15, 0.2) is 65.6 Å². The normalized spacial score (nSPS) is 14.4. The molecule has 0 saturated carbocycles. The van der Waals surface area contributed by atoms with Crippen molar-refractivity contribution in [2.45, 2.75) is 11.5 Å². The third-order valence-electron chi connectivity index (χ3n) is 5.91. The molecule has 178 valence electrons. The quantitative estimate of drug-likeness (QED) is 0.570. The zero-order valence-corrected chi connectivity index (χ0v) is 20.1. The third kappa shape index (κ3) is 5.09. The molecule has 0 aliphatic carbocycles. The number of anilines is 1. The molecule has 0 aromatic heterocycles. The van der Waals surface area contributed by atoms with Crippen molar-refractivity contribution >= 4 is 33.0 Å². The lowest BCUT2D eigenvalue weighted by Crippen LogP contribution is -2.49. The molecule has 9 heteroatoms. The van der Waals surface area contributed by atoms with Crippen LogP contribution in [0, 0.1) is 5.82 Å². The van der Waals surface area contributed by atoms with E-state index >= 15 is 0 Å². The molecule has 3 aromatic carbocycles. The fraction of sp³-hybridized carbons (Fsp3) is 0.240. The second kappa shape index (κ2) is 9.74. The molecule has 4 rings (SSSR count). The summed E-state index contributed by atoms with van der Waals surface area (Å²) in [6.45, 7) is 1.83. The molecule has 1 saturated heterocycles. The van der Waals surface area contributed by atoms with Gasteiger partial charge in [0.2, 0.25) is 0 Å². The number of halogens is 2. The summed E-state index contributed by atoms with van der Waals surface area (Å²) in [7, 11) is -3.52. The van der Waals surface area contributed by atoms with Crippen molar-refractivity contribution in [2.75, 3.05) is 37.3 Å². The highest BCUT2D eigenvalue weighted by atomic mass is 35.5. The number of amides is 1. The highest BCUT2D eigenvalue weighted by Gasteiger charge is 2.26. The van der Waals surface area contributed by atoms with E-state index in [-0.39, 0.29) is 23.0 Å². The predicted molar refractivity (Wildman–Crippen MR) is 130 cm³/mol. The summed E-state index contributed by atoms with van der Waals surface area (Å²) < 4.78 is 37.7. The Morgan fingerprint density at radius 3 is 2.26 bits per heavy atom. The highest BCUT2D eigenvalue weighted by molar-refractivity contribution is 7.90. The summed E-state index contributed by atoms with van der Waals surface area (Å²) in [5, 5.41) is 9.82. The Morgan fingerprint density at radius 1 is 1.00 bits per heavy atom. The summed E-state index contributed by atoms with van der Waals surface area (Å²) in [4.78, 5) is 17.3. The fourth-order valence-corrected chi connectivity index (χ4v) is 5.01. The molecule has 1 heterocycles. The van der Waals surface area contributed by atoms with Crippen LogP contribution in [0.2, 0.25) is 5.02 Å². The number of rotatable bonds is 5. The molecule has 3 aromatic rings. The maximum Gasteiger partial charge on any atom is 0.254 e. The van der Waals surface area contributed by atoms with Crippen LogP contribution in [0.3, 0.4) is 0 Å². The minimum atomic E-state index is -3.52. The maximum absolute atomic E-state index is 13.5. The van der Waals surface area contributed by atoms with Gasteiger partial charge in [-0.15, -0.1) is 0 Å². The van der Waals surface area contributed by atoms with Gasteiger partial charge < -0.3 is 14.9 Å². The van der Waals surface area contributed by atoms with Crippen molar-refractivity contribution in [3.05, 3.63) is 82.6 Å². The Labute approximate surface area is 203 Å². The molecule has 0 unspecified atom stereocenters. The zero-order chi connectivity index (χ0) is 24.5. The average molecular weight is 503 g/mol. The predicted octanol–water partition coefficient (Wildman–Crippen LogP) is 4.00. The van der Waals surface area contributed by atoms with Crippen LogP contribution in [0.25, 0.3) is 11.1 Å². The first kappa shape index (κ1) is 24.2. The van der Waals surface area contributed by atoms with Crippen molar-refractivity contribution in [1.82, 2.24) is 4.90 Å². The van der Waals surface area contributed by atoms with Gasteiger partial charge in [0, 0.05) is 38.0 Å². The second-order valence-electron chi connectivity index (χ2n) is 8.21. The molecule has 1 aliphatic rings. The number of carbonyl (C=O) groups excluding carboxylic acids is 1. The van der Waals surface area contributed by atoms with Gasteiger partial charge in [-0.05, 0) is 53.1 Å². The zero-order valence-electron chi connectivity index (χ0n) is 18.5. The first-order valence-corrected chi connectivity index (χ1v) is 13.0. The van der Waals surface area contributed by atoms with Crippen LogP contribution in [0.5, 0.6) is 0 Å². The Morgan fingerprint density at radius 2 is 1.68 bits per heavy atom. The lowest BCUT2D eigenvalue weighted by molar-refractivity contribution is 0.0747. The van der Waals surface area contributed by atoms with E-state index < -0.39 is 15.7 Å². The Balaban J connectivity index is 1.60. The van der Waals surface area contributed by atoms with E-state index in [1.165, 1.54) is 24.3 Å². The largest absolute Gasteiger partial charge is 0.392 e. The smallest absolute Gasteiger partial charge is 0.254 e. The monoisotopic (exact) mass is 502 g/mol. The Hall–Kier alpha value is -2.94. The minimum Gasteiger partial charge on any atom is -0.392 e. The molecule has 0 radical (unpaired) electrons. The molecule has 1 fully saturated rings. The number of benzene rings is 3. The summed E-state index contributed by atoms with van der Waals surface area (Å²) in [5.41, 5.74) is 2.98. The lowest BCUT2D eigenvalue weighted by Gasteiger charge is -2.37. The number of piperazine rings is 1. The van der Waals surface area contributed by atoms with Gasteiger partial charge in [0.1, 0.15) is 5.82 Å². The number of hydrogen-bond donors (Lipinski definition) is 1. The van der Waals surface area contributed by atoms with Gasteiger partial charge in [0.15, 0.2) is 9.84 Å². The molecule has 34 heavy (non-hydrogen) atoms. The molecule has 1 N–H and O–H groups in total. The summed E-state index contributed by atoms with van der Waals surface area (Å²) >= 11 is 6.38. The van der Waals surface area contributed by atoms with Crippen LogP contribution in [0.4, 0.5) is 10.1 Å². The minimum absolute atomic E-state index is 0.0519. The number of nitrogens with zero attached hydrogens (tertiary/aromatic N) is 2. The first-order valence-electron chi connectivity index (χ1n) is 10.7. The van der Waals surface area contributed by atoms with Crippen LogP contribution >= 0.6 is 11.6 Å². The third-order valence-corrected chi connectivity index (χ3v) is 7.32. The van der Waals surface area contributed by atoms with E-state index in [0.29, 0.717) is 42.3 Å². The van der Waals surface area contributed by atoms with Crippen LogP contribution in [-0.2, 0) is 16.4 Å². The molecule has 1 aliphatic heterocycles. The highest BCUT2D eigenvalue weighted by Crippen LogP contribution is 2.30. The molecule has 0 spiro atoms. The number of aliphatic hydroxyl groups excluding tert-OH is 1. The Bertz CT molecular complexity index is 1320. The van der Waals surface area contributed by atoms with Crippen molar-refractivity contribution in [1.29, 1.82) is 0 Å². The van der Waals surface area contributed by atoms with Gasteiger partial charge in [-0.3, -0.25) is 4.79 Å². The van der Waals surface area contributed by atoms with E-state index in [1.54, 1.807) is 29.2 Å². The number of sulfone groups is 1. The van der Waals surface area contributed by atoms with Crippen LogP contribution in [-0.4, -0.2) is 56.8 Å². The Kier molecular flexibility index (Phi) is 6.93. The molecular weight excluding hydrogens is 479 g/mol. The molecular formula is C25H24ClFN2O4S. The van der Waals surface area contributed by atoms with Crippen LogP contribution < -0.4 is 4.90 Å². The fourth-order valence-electron chi connectivity index (χ4n) is 4.04. The second-order valence-corrected chi connectivity index (χ2v) is 10.6. The van der Waals surface area contributed by atoms with Gasteiger partial charge in [-0.1, -0.05) is 35.9 Å².